The van der Waals surface area contributed by atoms with Gasteiger partial charge >= 0.3 is 6.18 Å². The summed E-state index contributed by atoms with van der Waals surface area (Å²) in [5.41, 5.74) is -2.38. The fourth-order valence-electron chi connectivity index (χ4n) is 3.84. The molecule has 1 spiro atoms. The molecule has 0 aromatic heterocycles. The number of allylic oxidation sites excluding steroid dienone is 1. The van der Waals surface area contributed by atoms with Crippen LogP contribution in [0.2, 0.25) is 0 Å². The van der Waals surface area contributed by atoms with Crippen LogP contribution in [0.5, 0.6) is 0 Å². The zero-order chi connectivity index (χ0) is 17.9. The first-order valence-electron chi connectivity index (χ1n) is 7.81. The summed E-state index contributed by atoms with van der Waals surface area (Å²) in [5, 5.41) is 0. The van der Waals surface area contributed by atoms with Crippen molar-refractivity contribution in [2.75, 3.05) is 13.7 Å². The van der Waals surface area contributed by atoms with E-state index in [1.807, 2.05) is 0 Å². The average molecular weight is 352 g/mol. The summed E-state index contributed by atoms with van der Waals surface area (Å²) in [6, 6.07) is 0. The number of hydrogen-bond acceptors (Lipinski definition) is 4. The van der Waals surface area contributed by atoms with Gasteiger partial charge < -0.3 is 14.2 Å². The first-order chi connectivity index (χ1) is 11.0. The number of halogens is 4. The molecule has 2 saturated heterocycles. The zero-order valence-corrected chi connectivity index (χ0v) is 13.7. The van der Waals surface area contributed by atoms with E-state index in [1.54, 1.807) is 6.92 Å². The Kier molecular flexibility index (Phi) is 4.09. The molecule has 0 aromatic carbocycles. The number of carbonyl (C=O) groups excluding carboxylic acids is 1. The number of Topliss-reactive ketones (excluding diaryl/α,β-unsaturated/α-hetero) is 1. The van der Waals surface area contributed by atoms with Crippen LogP contribution in [0.15, 0.2) is 11.6 Å². The van der Waals surface area contributed by atoms with E-state index < -0.39 is 53.0 Å². The summed E-state index contributed by atoms with van der Waals surface area (Å²) in [6.45, 7) is 3.02. The van der Waals surface area contributed by atoms with Crippen molar-refractivity contribution in [2.45, 2.75) is 62.4 Å². The van der Waals surface area contributed by atoms with Crippen LogP contribution in [0.25, 0.3) is 0 Å². The van der Waals surface area contributed by atoms with E-state index in [0.29, 0.717) is 6.61 Å². The molecular formula is C16H20F4O4. The predicted octanol–water partition coefficient (Wildman–Crippen LogP) is 2.75. The van der Waals surface area contributed by atoms with Crippen molar-refractivity contribution in [3.05, 3.63) is 11.6 Å². The Labute approximate surface area is 137 Å². The number of ketones is 1. The van der Waals surface area contributed by atoms with E-state index >= 15 is 0 Å². The summed E-state index contributed by atoms with van der Waals surface area (Å²) in [7, 11) is 1.32. The summed E-state index contributed by atoms with van der Waals surface area (Å²) >= 11 is 0. The maximum atomic E-state index is 13.9. The van der Waals surface area contributed by atoms with Crippen LogP contribution in [0.1, 0.15) is 26.7 Å². The van der Waals surface area contributed by atoms with Crippen molar-refractivity contribution in [3.63, 3.8) is 0 Å². The number of hydrogen-bond donors (Lipinski definition) is 0. The van der Waals surface area contributed by atoms with Crippen LogP contribution >= 0.6 is 0 Å². The van der Waals surface area contributed by atoms with Gasteiger partial charge in [-0.15, -0.1) is 0 Å². The molecule has 0 bridgehead atoms. The number of rotatable bonds is 4. The van der Waals surface area contributed by atoms with Gasteiger partial charge in [0.05, 0.1) is 18.6 Å². The average Bonchev–Trinajstić information content (AvgIpc) is 3.38. The fourth-order valence-corrected chi connectivity index (χ4v) is 3.84. The maximum Gasteiger partial charge on any atom is 0.412 e. The molecule has 136 valence electrons. The van der Waals surface area contributed by atoms with Gasteiger partial charge in [0.15, 0.2) is 12.0 Å². The van der Waals surface area contributed by atoms with Crippen LogP contribution in [-0.2, 0) is 19.0 Å². The lowest BCUT2D eigenvalue weighted by atomic mass is 9.68. The SMILES string of the molecule is CO[C@@H]1C(=O)[C@@H](F)C[C@]2(CO2)[C@H]1C1(C)O[C@@H]1CC=C(C)C(F)(F)F. The molecule has 0 N–H and O–H groups in total. The number of carbonyl (C=O) groups is 1. The minimum atomic E-state index is -4.37. The van der Waals surface area contributed by atoms with Crippen LogP contribution in [0, 0.1) is 5.92 Å². The Bertz CT molecular complexity index is 569. The summed E-state index contributed by atoms with van der Waals surface area (Å²) in [5.74, 6) is -1.18. The van der Waals surface area contributed by atoms with Gasteiger partial charge in [0.1, 0.15) is 17.3 Å². The Balaban J connectivity index is 1.77. The fraction of sp³-hybridized carbons (Fsp3) is 0.812. The third-order valence-corrected chi connectivity index (χ3v) is 5.43. The number of methoxy groups -OCH3 is 1. The molecule has 2 heterocycles. The van der Waals surface area contributed by atoms with Crippen molar-refractivity contribution in [1.82, 2.24) is 0 Å². The highest BCUT2D eigenvalue weighted by atomic mass is 19.4. The molecule has 24 heavy (non-hydrogen) atoms. The molecule has 0 radical (unpaired) electrons. The normalized spacial score (nSPS) is 45.6. The molecule has 6 atom stereocenters. The molecule has 1 aliphatic carbocycles. The highest BCUT2D eigenvalue weighted by Gasteiger charge is 2.73. The molecule has 2 aliphatic heterocycles. The lowest BCUT2D eigenvalue weighted by Gasteiger charge is -2.38. The highest BCUT2D eigenvalue weighted by Crippen LogP contribution is 2.59. The van der Waals surface area contributed by atoms with Crippen LogP contribution in [0.4, 0.5) is 17.6 Å². The predicted molar refractivity (Wildman–Crippen MR) is 75.2 cm³/mol. The topological polar surface area (TPSA) is 51.4 Å². The molecule has 0 amide bonds. The van der Waals surface area contributed by atoms with Crippen molar-refractivity contribution >= 4 is 5.78 Å². The maximum absolute atomic E-state index is 13.9. The van der Waals surface area contributed by atoms with E-state index in [-0.39, 0.29) is 12.8 Å². The third-order valence-electron chi connectivity index (χ3n) is 5.43. The summed E-state index contributed by atoms with van der Waals surface area (Å²) in [6.07, 6.45) is -6.43. The van der Waals surface area contributed by atoms with E-state index in [9.17, 15) is 22.4 Å². The van der Waals surface area contributed by atoms with Crippen molar-refractivity contribution in [3.8, 4) is 0 Å². The van der Waals surface area contributed by atoms with Crippen molar-refractivity contribution < 1.29 is 36.6 Å². The second-order valence-corrected chi connectivity index (χ2v) is 6.97. The zero-order valence-electron chi connectivity index (χ0n) is 13.7. The Morgan fingerprint density at radius 2 is 2.08 bits per heavy atom. The van der Waals surface area contributed by atoms with Gasteiger partial charge in [-0.2, -0.15) is 13.2 Å². The quantitative estimate of drug-likeness (QED) is 0.444. The van der Waals surface area contributed by atoms with Crippen LogP contribution in [0.3, 0.4) is 0 Å². The number of epoxide rings is 2. The minimum Gasteiger partial charge on any atom is -0.373 e. The third kappa shape index (κ3) is 2.78. The first-order valence-corrected chi connectivity index (χ1v) is 7.81. The smallest absolute Gasteiger partial charge is 0.373 e. The lowest BCUT2D eigenvalue weighted by molar-refractivity contribution is -0.150. The molecule has 3 fully saturated rings. The standard InChI is InChI=1S/C16H20F4O4/c1-8(16(18,19)20)4-5-10-14(2,24-10)13-12(22-3)11(21)9(17)6-15(13)7-23-15/h4,9-10,12-13H,5-7H2,1-3H3/t9-,10+,12+,13+,14?,15-/m0/s1. The molecular weight excluding hydrogens is 332 g/mol. The first kappa shape index (κ1) is 17.8. The van der Waals surface area contributed by atoms with Gasteiger partial charge in [0.25, 0.3) is 0 Å². The molecule has 0 aromatic rings. The minimum absolute atomic E-state index is 0.0561. The molecule has 4 nitrogen and oxygen atoms in total. The second-order valence-electron chi connectivity index (χ2n) is 6.97. The van der Waals surface area contributed by atoms with Crippen molar-refractivity contribution in [1.29, 1.82) is 0 Å². The van der Waals surface area contributed by atoms with Gasteiger partial charge in [-0.3, -0.25) is 4.79 Å². The molecule has 1 unspecified atom stereocenters. The van der Waals surface area contributed by atoms with Gasteiger partial charge in [0.2, 0.25) is 0 Å². The lowest BCUT2D eigenvalue weighted by Crippen LogP contribution is -2.56. The van der Waals surface area contributed by atoms with Crippen LogP contribution in [-0.4, -0.2) is 55.3 Å². The molecule has 3 aliphatic rings. The van der Waals surface area contributed by atoms with Gasteiger partial charge in [-0.05, 0) is 20.3 Å². The van der Waals surface area contributed by atoms with Gasteiger partial charge in [0, 0.05) is 19.1 Å². The van der Waals surface area contributed by atoms with Crippen LogP contribution < -0.4 is 0 Å². The van der Waals surface area contributed by atoms with Crippen molar-refractivity contribution in [2.24, 2.45) is 5.92 Å². The van der Waals surface area contributed by atoms with E-state index in [2.05, 4.69) is 0 Å². The Hall–Kier alpha value is -0.990. The highest BCUT2D eigenvalue weighted by molar-refractivity contribution is 5.89. The van der Waals surface area contributed by atoms with Gasteiger partial charge in [-0.25, -0.2) is 4.39 Å². The van der Waals surface area contributed by atoms with Gasteiger partial charge in [-0.1, -0.05) is 6.08 Å². The van der Waals surface area contributed by atoms with E-state index in [0.717, 1.165) is 13.0 Å². The summed E-state index contributed by atoms with van der Waals surface area (Å²) in [4.78, 5) is 12.1. The van der Waals surface area contributed by atoms with E-state index in [1.165, 1.54) is 7.11 Å². The molecule has 3 rings (SSSR count). The van der Waals surface area contributed by atoms with E-state index in [4.69, 9.17) is 14.2 Å². The monoisotopic (exact) mass is 352 g/mol. The second kappa shape index (κ2) is 5.51. The Morgan fingerprint density at radius 3 is 2.58 bits per heavy atom. The largest absolute Gasteiger partial charge is 0.412 e. The number of ether oxygens (including phenoxy) is 3. The molecule has 1 saturated carbocycles. The number of alkyl halides is 4. The Morgan fingerprint density at radius 1 is 1.46 bits per heavy atom. The summed E-state index contributed by atoms with van der Waals surface area (Å²) < 4.78 is 68.0. The molecule has 8 heteroatoms.